The Morgan fingerprint density at radius 3 is 2.76 bits per heavy atom. The molecule has 1 amide bonds. The maximum Gasteiger partial charge on any atom is 0.299 e. The fraction of sp³-hybridized carbons (Fsp3) is 0.500. The van der Waals surface area contributed by atoms with E-state index in [1.165, 1.54) is 4.90 Å². The third-order valence-electron chi connectivity index (χ3n) is 6.57. The molecule has 1 saturated heterocycles. The summed E-state index contributed by atoms with van der Waals surface area (Å²) in [4.78, 5) is 25.5. The van der Waals surface area contributed by atoms with Crippen LogP contribution in [0.4, 0.5) is 5.82 Å². The van der Waals surface area contributed by atoms with Gasteiger partial charge in [-0.15, -0.1) is 0 Å². The second-order valence-corrected chi connectivity index (χ2v) is 9.85. The van der Waals surface area contributed by atoms with Crippen molar-refractivity contribution in [1.29, 1.82) is 0 Å². The van der Waals surface area contributed by atoms with Crippen LogP contribution in [0.25, 0.3) is 0 Å². The molecule has 3 aromatic rings. The standard InChI is InChI=1S/C26H32ClN5O6/c1-17-14-28-20(38-17)16-37-25-29-23-22(32(25)15-18-7-9-19(27)10-8-18)24(33)31(26(34)30(23)2)11-5-13-36-21-6-3-4-12-35-21/h7-10,14,21,26,34H,3-6,11-13,15-16H2,1-2H3. The Kier molecular flexibility index (Phi) is 8.18. The first-order chi connectivity index (χ1) is 18.4. The van der Waals surface area contributed by atoms with Gasteiger partial charge < -0.3 is 28.6 Å². The fourth-order valence-electron chi connectivity index (χ4n) is 4.57. The molecule has 2 atom stereocenters. The molecule has 1 fully saturated rings. The summed E-state index contributed by atoms with van der Waals surface area (Å²) in [6, 6.07) is 7.55. The number of benzene rings is 1. The number of anilines is 1. The maximum absolute atomic E-state index is 13.7. The van der Waals surface area contributed by atoms with Gasteiger partial charge in [0.2, 0.25) is 12.2 Å². The zero-order valence-electron chi connectivity index (χ0n) is 21.5. The summed E-state index contributed by atoms with van der Waals surface area (Å²) in [5.41, 5.74) is 1.23. The minimum atomic E-state index is -1.18. The third-order valence-corrected chi connectivity index (χ3v) is 6.82. The van der Waals surface area contributed by atoms with Gasteiger partial charge in [0.25, 0.3) is 11.9 Å². The van der Waals surface area contributed by atoms with E-state index < -0.39 is 6.35 Å². The van der Waals surface area contributed by atoms with Gasteiger partial charge >= 0.3 is 0 Å². The van der Waals surface area contributed by atoms with E-state index in [1.54, 1.807) is 41.8 Å². The molecule has 204 valence electrons. The number of aromatic nitrogens is 3. The molecule has 0 aliphatic carbocycles. The first kappa shape index (κ1) is 26.5. The molecule has 0 spiro atoms. The number of aliphatic hydroxyl groups excluding tert-OH is 1. The number of nitrogens with zero attached hydrogens (tertiary/aromatic N) is 5. The molecule has 38 heavy (non-hydrogen) atoms. The third kappa shape index (κ3) is 5.80. The van der Waals surface area contributed by atoms with E-state index in [2.05, 4.69) is 9.97 Å². The van der Waals surface area contributed by atoms with Gasteiger partial charge in [-0.3, -0.25) is 14.3 Å². The predicted molar refractivity (Wildman–Crippen MR) is 138 cm³/mol. The van der Waals surface area contributed by atoms with E-state index >= 15 is 0 Å². The summed E-state index contributed by atoms with van der Waals surface area (Å²) in [6.07, 6.45) is 3.78. The molecule has 0 saturated carbocycles. The number of aryl methyl sites for hydroxylation is 1. The summed E-state index contributed by atoms with van der Waals surface area (Å²) >= 11 is 6.07. The molecule has 12 heteroatoms. The normalized spacial score (nSPS) is 19.6. The van der Waals surface area contributed by atoms with Gasteiger partial charge in [-0.05, 0) is 50.3 Å². The monoisotopic (exact) mass is 545 g/mol. The molecule has 11 nitrogen and oxygen atoms in total. The van der Waals surface area contributed by atoms with Crippen molar-refractivity contribution < 1.29 is 28.5 Å². The van der Waals surface area contributed by atoms with Gasteiger partial charge in [-0.1, -0.05) is 23.7 Å². The van der Waals surface area contributed by atoms with Crippen LogP contribution in [0.2, 0.25) is 5.02 Å². The number of oxazole rings is 1. The summed E-state index contributed by atoms with van der Waals surface area (Å²) in [7, 11) is 1.69. The van der Waals surface area contributed by atoms with Crippen LogP contribution in [0.3, 0.4) is 0 Å². The van der Waals surface area contributed by atoms with Crippen molar-refractivity contribution in [2.45, 2.75) is 58.4 Å². The Balaban J connectivity index is 1.37. The van der Waals surface area contributed by atoms with Crippen LogP contribution in [0.5, 0.6) is 6.01 Å². The van der Waals surface area contributed by atoms with Crippen LogP contribution < -0.4 is 9.64 Å². The number of amides is 1. The van der Waals surface area contributed by atoms with Crippen LogP contribution in [0.15, 0.2) is 34.9 Å². The molecule has 2 unspecified atom stereocenters. The Bertz CT molecular complexity index is 1240. The van der Waals surface area contributed by atoms with E-state index in [0.29, 0.717) is 60.9 Å². The summed E-state index contributed by atoms with van der Waals surface area (Å²) in [6.45, 7) is 3.58. The molecule has 2 aliphatic rings. The molecule has 2 aliphatic heterocycles. The van der Waals surface area contributed by atoms with Crippen molar-refractivity contribution in [2.24, 2.45) is 0 Å². The number of rotatable bonds is 10. The lowest BCUT2D eigenvalue weighted by Gasteiger charge is -2.38. The topological polar surface area (TPSA) is 115 Å². The molecule has 0 bridgehead atoms. The Morgan fingerprint density at radius 2 is 2.05 bits per heavy atom. The van der Waals surface area contributed by atoms with Crippen molar-refractivity contribution in [3.63, 3.8) is 0 Å². The Hall–Kier alpha value is -3.12. The van der Waals surface area contributed by atoms with Gasteiger partial charge in [0.15, 0.2) is 24.4 Å². The average molecular weight is 546 g/mol. The molecule has 1 N–H and O–H groups in total. The number of aliphatic hydroxyl groups is 1. The van der Waals surface area contributed by atoms with E-state index in [9.17, 15) is 9.90 Å². The van der Waals surface area contributed by atoms with Crippen molar-refractivity contribution in [2.75, 3.05) is 31.7 Å². The lowest BCUT2D eigenvalue weighted by molar-refractivity contribution is -0.163. The second-order valence-electron chi connectivity index (χ2n) is 9.41. The van der Waals surface area contributed by atoms with Crippen molar-refractivity contribution in [1.82, 2.24) is 19.4 Å². The SMILES string of the molecule is Cc1cnc(COc2nc3c(n2Cc2ccc(Cl)cc2)C(=O)N(CCCOC2CCCCO2)C(O)N3C)o1. The van der Waals surface area contributed by atoms with Crippen molar-refractivity contribution >= 4 is 23.3 Å². The molecule has 4 heterocycles. The lowest BCUT2D eigenvalue weighted by atomic mass is 10.2. The van der Waals surface area contributed by atoms with Gasteiger partial charge in [0.1, 0.15) is 5.76 Å². The number of ether oxygens (including phenoxy) is 3. The fourth-order valence-corrected chi connectivity index (χ4v) is 4.70. The summed E-state index contributed by atoms with van der Waals surface area (Å²) in [5, 5.41) is 11.6. The summed E-state index contributed by atoms with van der Waals surface area (Å²) < 4.78 is 24.6. The highest BCUT2D eigenvalue weighted by Gasteiger charge is 2.40. The Labute approximate surface area is 225 Å². The molecule has 5 rings (SSSR count). The number of hydrogen-bond acceptors (Lipinski definition) is 9. The zero-order valence-corrected chi connectivity index (χ0v) is 22.3. The summed E-state index contributed by atoms with van der Waals surface area (Å²) in [5.74, 6) is 1.05. The maximum atomic E-state index is 13.7. The van der Waals surface area contributed by atoms with Gasteiger partial charge in [-0.25, -0.2) is 4.98 Å². The van der Waals surface area contributed by atoms with Crippen molar-refractivity contribution in [3.05, 3.63) is 58.4 Å². The number of halogens is 1. The molecular formula is C26H32ClN5O6. The molecule has 2 aromatic heterocycles. The van der Waals surface area contributed by atoms with Gasteiger partial charge in [0.05, 0.1) is 19.3 Å². The highest BCUT2D eigenvalue weighted by molar-refractivity contribution is 6.30. The van der Waals surface area contributed by atoms with Crippen LogP contribution in [0.1, 0.15) is 53.4 Å². The number of carbonyl (C=O) groups is 1. The largest absolute Gasteiger partial charge is 0.455 e. The van der Waals surface area contributed by atoms with Crippen LogP contribution >= 0.6 is 11.6 Å². The molecule has 1 aromatic carbocycles. The predicted octanol–water partition coefficient (Wildman–Crippen LogP) is 3.56. The smallest absolute Gasteiger partial charge is 0.299 e. The van der Waals surface area contributed by atoms with Gasteiger partial charge in [-0.2, -0.15) is 4.98 Å². The molecule has 0 radical (unpaired) electrons. The highest BCUT2D eigenvalue weighted by Crippen LogP contribution is 2.33. The van der Waals surface area contributed by atoms with E-state index in [4.69, 9.17) is 30.2 Å². The van der Waals surface area contributed by atoms with Crippen LogP contribution in [-0.4, -0.2) is 69.9 Å². The minimum Gasteiger partial charge on any atom is -0.455 e. The first-order valence-electron chi connectivity index (χ1n) is 12.7. The highest BCUT2D eigenvalue weighted by atomic mass is 35.5. The zero-order chi connectivity index (χ0) is 26.6. The first-order valence-corrected chi connectivity index (χ1v) is 13.1. The van der Waals surface area contributed by atoms with E-state index in [0.717, 1.165) is 24.8 Å². The number of imidazole rings is 1. The minimum absolute atomic E-state index is 0.0368. The average Bonchev–Trinajstić information content (AvgIpc) is 3.50. The number of fused-ring (bicyclic) bond motifs is 1. The number of carbonyl (C=O) groups excluding carboxylic acids is 1. The quantitative estimate of drug-likeness (QED) is 0.382. The van der Waals surface area contributed by atoms with E-state index in [-0.39, 0.29) is 24.8 Å². The second kappa shape index (κ2) is 11.7. The van der Waals surface area contributed by atoms with Crippen molar-refractivity contribution in [3.8, 4) is 6.01 Å². The van der Waals surface area contributed by atoms with E-state index in [1.807, 2.05) is 12.1 Å². The lowest BCUT2D eigenvalue weighted by Crippen LogP contribution is -2.54. The number of hydrogen-bond donors (Lipinski definition) is 1. The molecular weight excluding hydrogens is 514 g/mol. The van der Waals surface area contributed by atoms with Crippen LogP contribution in [-0.2, 0) is 22.6 Å². The Morgan fingerprint density at radius 1 is 1.24 bits per heavy atom. The van der Waals surface area contributed by atoms with Gasteiger partial charge in [0, 0.05) is 25.2 Å². The van der Waals surface area contributed by atoms with Crippen LogP contribution in [0, 0.1) is 6.92 Å².